The van der Waals surface area contributed by atoms with E-state index in [9.17, 15) is 14.8 Å². The lowest BCUT2D eigenvalue weighted by atomic mass is 9.80. The number of hydrogen-bond donors (Lipinski definition) is 1. The van der Waals surface area contributed by atoms with Crippen LogP contribution >= 0.6 is 12.4 Å². The number of benzene rings is 1. The van der Waals surface area contributed by atoms with Crippen LogP contribution in [0.3, 0.4) is 0 Å². The van der Waals surface area contributed by atoms with Gasteiger partial charge in [-0.3, -0.25) is 14.5 Å². The minimum absolute atomic E-state index is 0. The van der Waals surface area contributed by atoms with Crippen LogP contribution < -0.4 is 14.8 Å². The fraction of sp³-hybridized carbons (Fsp3) is 0.552. The predicted octanol–water partition coefficient (Wildman–Crippen LogP) is 4.35. The summed E-state index contributed by atoms with van der Waals surface area (Å²) in [5.41, 5.74) is 1.27. The van der Waals surface area contributed by atoms with Crippen molar-refractivity contribution in [2.45, 2.75) is 77.9 Å². The molecule has 0 bridgehead atoms. The normalized spacial score (nSPS) is 19.4. The molecule has 1 atom stereocenters. The third kappa shape index (κ3) is 6.59. The van der Waals surface area contributed by atoms with Crippen molar-refractivity contribution in [1.82, 2.24) is 15.1 Å². The highest BCUT2D eigenvalue weighted by Gasteiger charge is 2.53. The maximum absolute atomic E-state index is 13.4. The molecule has 1 spiro atoms. The standard InChI is InChI=1S/C29H40N4O4.ClH/c1-5-6-15-32-27(34)25(18-21(2)3)30-28(35)29(32)13-16-31(17-14-29)20-23-8-10-24(11-9-23)37-26-12-7-22(4)19-33(26)36;/h7-12,19,21,25H,5-6,13-18,20H2,1-4H3,(H,30,35);1H/t25-;/m0./s1. The Hall–Kier alpha value is -2.84. The molecule has 208 valence electrons. The van der Waals surface area contributed by atoms with Crippen molar-refractivity contribution in [3.05, 3.63) is 58.9 Å². The lowest BCUT2D eigenvalue weighted by Gasteiger charge is -2.52. The van der Waals surface area contributed by atoms with Crippen molar-refractivity contribution in [2.24, 2.45) is 5.92 Å². The average Bonchev–Trinajstić information content (AvgIpc) is 2.86. The van der Waals surface area contributed by atoms with Crippen LogP contribution in [0.15, 0.2) is 42.6 Å². The molecule has 2 amide bonds. The van der Waals surface area contributed by atoms with E-state index in [2.05, 4.69) is 31.0 Å². The number of rotatable bonds is 9. The summed E-state index contributed by atoms with van der Waals surface area (Å²) >= 11 is 0. The van der Waals surface area contributed by atoms with E-state index in [1.165, 1.54) is 6.20 Å². The summed E-state index contributed by atoms with van der Waals surface area (Å²) in [5.74, 6) is 1.28. The van der Waals surface area contributed by atoms with E-state index in [1.807, 2.05) is 42.2 Å². The van der Waals surface area contributed by atoms with E-state index < -0.39 is 11.6 Å². The van der Waals surface area contributed by atoms with Gasteiger partial charge in [0.25, 0.3) is 0 Å². The highest BCUT2D eigenvalue weighted by molar-refractivity contribution is 6.00. The van der Waals surface area contributed by atoms with Crippen molar-refractivity contribution in [3.63, 3.8) is 0 Å². The molecular formula is C29H41ClN4O4. The summed E-state index contributed by atoms with van der Waals surface area (Å²) in [7, 11) is 0. The van der Waals surface area contributed by atoms with Gasteiger partial charge in [-0.2, -0.15) is 0 Å². The average molecular weight is 545 g/mol. The first-order valence-electron chi connectivity index (χ1n) is 13.5. The summed E-state index contributed by atoms with van der Waals surface area (Å²) in [4.78, 5) is 31.1. The Morgan fingerprint density at radius 1 is 1.13 bits per heavy atom. The number of nitrogens with zero attached hydrogens (tertiary/aromatic N) is 3. The summed E-state index contributed by atoms with van der Waals surface area (Å²) in [5, 5.41) is 15.1. The molecule has 0 aliphatic carbocycles. The van der Waals surface area contributed by atoms with Crippen LogP contribution in [-0.2, 0) is 16.1 Å². The first-order valence-corrected chi connectivity index (χ1v) is 13.5. The molecule has 0 unspecified atom stereocenters. The molecule has 3 heterocycles. The van der Waals surface area contributed by atoms with Gasteiger partial charge in [-0.15, -0.1) is 17.1 Å². The molecule has 0 radical (unpaired) electrons. The van der Waals surface area contributed by atoms with E-state index in [1.54, 1.807) is 6.07 Å². The summed E-state index contributed by atoms with van der Waals surface area (Å²) in [6.07, 6.45) is 5.33. The zero-order chi connectivity index (χ0) is 26.6. The minimum atomic E-state index is -0.740. The molecule has 0 saturated carbocycles. The highest BCUT2D eigenvalue weighted by atomic mass is 35.5. The second kappa shape index (κ2) is 12.8. The number of aromatic nitrogens is 1. The molecule has 1 N–H and O–H groups in total. The number of ether oxygens (including phenoxy) is 1. The van der Waals surface area contributed by atoms with Crippen LogP contribution in [0.4, 0.5) is 0 Å². The third-order valence-electron chi connectivity index (χ3n) is 7.51. The van der Waals surface area contributed by atoms with E-state index >= 15 is 0 Å². The van der Waals surface area contributed by atoms with Crippen molar-refractivity contribution in [3.8, 4) is 11.6 Å². The van der Waals surface area contributed by atoms with Gasteiger partial charge in [0.15, 0.2) is 6.20 Å². The molecule has 9 heteroatoms. The van der Waals surface area contributed by atoms with Crippen molar-refractivity contribution in [1.29, 1.82) is 0 Å². The van der Waals surface area contributed by atoms with E-state index in [0.717, 1.165) is 48.3 Å². The van der Waals surface area contributed by atoms with Gasteiger partial charge in [0.2, 0.25) is 11.8 Å². The molecule has 2 fully saturated rings. The van der Waals surface area contributed by atoms with Crippen molar-refractivity contribution < 1.29 is 19.1 Å². The second-order valence-electron chi connectivity index (χ2n) is 10.9. The van der Waals surface area contributed by atoms with Crippen LogP contribution in [0.2, 0.25) is 0 Å². The summed E-state index contributed by atoms with van der Waals surface area (Å²) in [6, 6.07) is 10.8. The minimum Gasteiger partial charge on any atom is -0.616 e. The number of pyridine rings is 1. The molecule has 2 aliphatic rings. The number of carbonyl (C=O) groups excluding carboxylic acids is 2. The van der Waals surface area contributed by atoms with Gasteiger partial charge in [0.1, 0.15) is 17.3 Å². The van der Waals surface area contributed by atoms with Crippen molar-refractivity contribution in [2.75, 3.05) is 19.6 Å². The molecule has 2 saturated heterocycles. The number of halogens is 1. The quantitative estimate of drug-likeness (QED) is 0.374. The molecule has 1 aromatic heterocycles. The van der Waals surface area contributed by atoms with Gasteiger partial charge >= 0.3 is 5.88 Å². The highest BCUT2D eigenvalue weighted by Crippen LogP contribution is 2.35. The number of carbonyl (C=O) groups is 2. The Bertz CT molecular complexity index is 1100. The van der Waals surface area contributed by atoms with Crippen LogP contribution in [0.5, 0.6) is 11.6 Å². The lowest BCUT2D eigenvalue weighted by Crippen LogP contribution is -2.73. The SMILES string of the molecule is CCCCN1C(=O)[C@H](CC(C)C)NC(=O)C12CCN(Cc1ccc(Oc3ccc(C)c[n+]3[O-])cc1)CC2.Cl. The van der Waals surface area contributed by atoms with E-state index in [4.69, 9.17) is 4.74 Å². The number of piperidine rings is 1. The largest absolute Gasteiger partial charge is 0.616 e. The Morgan fingerprint density at radius 3 is 2.42 bits per heavy atom. The Labute approximate surface area is 232 Å². The van der Waals surface area contributed by atoms with Gasteiger partial charge in [0.05, 0.1) is 6.07 Å². The van der Waals surface area contributed by atoms with Gasteiger partial charge in [-0.1, -0.05) is 39.3 Å². The molecule has 2 aromatic rings. The first-order chi connectivity index (χ1) is 17.7. The van der Waals surface area contributed by atoms with Crippen LogP contribution in [-0.4, -0.2) is 52.8 Å². The Kier molecular flexibility index (Phi) is 10.0. The van der Waals surface area contributed by atoms with Gasteiger partial charge in [0, 0.05) is 31.7 Å². The molecule has 4 rings (SSSR count). The second-order valence-corrected chi connectivity index (χ2v) is 10.9. The third-order valence-corrected chi connectivity index (χ3v) is 7.51. The number of amides is 2. The van der Waals surface area contributed by atoms with Crippen LogP contribution in [0.1, 0.15) is 64.0 Å². The number of nitrogens with one attached hydrogen (secondary N) is 1. The van der Waals surface area contributed by atoms with Gasteiger partial charge < -0.3 is 20.2 Å². The molecule has 2 aliphatic heterocycles. The maximum Gasteiger partial charge on any atom is 0.384 e. The summed E-state index contributed by atoms with van der Waals surface area (Å²) < 4.78 is 6.47. The van der Waals surface area contributed by atoms with Gasteiger partial charge in [-0.05, 0) is 62.3 Å². The van der Waals surface area contributed by atoms with E-state index in [-0.39, 0.29) is 30.1 Å². The first kappa shape index (κ1) is 29.7. The zero-order valence-electron chi connectivity index (χ0n) is 22.9. The number of piperazine rings is 1. The fourth-order valence-electron chi connectivity index (χ4n) is 5.41. The fourth-order valence-corrected chi connectivity index (χ4v) is 5.41. The van der Waals surface area contributed by atoms with Gasteiger partial charge in [-0.25, -0.2) is 0 Å². The van der Waals surface area contributed by atoms with E-state index in [0.29, 0.717) is 37.5 Å². The topological polar surface area (TPSA) is 88.8 Å². The number of likely N-dealkylation sites (tertiary alicyclic amines) is 1. The zero-order valence-corrected chi connectivity index (χ0v) is 23.8. The summed E-state index contributed by atoms with van der Waals surface area (Å²) in [6.45, 7) is 11.0. The maximum atomic E-state index is 13.4. The molecule has 8 nitrogen and oxygen atoms in total. The monoisotopic (exact) mass is 544 g/mol. The Balaban J connectivity index is 0.00000400. The van der Waals surface area contributed by atoms with Crippen LogP contribution in [0.25, 0.3) is 0 Å². The number of unbranched alkanes of at least 4 members (excludes halogenated alkanes) is 1. The molecule has 38 heavy (non-hydrogen) atoms. The lowest BCUT2D eigenvalue weighted by molar-refractivity contribution is -0.611. The number of aryl methyl sites for hydroxylation is 1. The molecule has 1 aromatic carbocycles. The predicted molar refractivity (Wildman–Crippen MR) is 149 cm³/mol. The smallest absolute Gasteiger partial charge is 0.384 e. The Morgan fingerprint density at radius 2 is 1.82 bits per heavy atom. The molecular weight excluding hydrogens is 504 g/mol. The van der Waals surface area contributed by atoms with Crippen molar-refractivity contribution >= 4 is 24.2 Å². The van der Waals surface area contributed by atoms with Crippen LogP contribution in [0, 0.1) is 18.0 Å². The number of hydrogen-bond acceptors (Lipinski definition) is 5.